The van der Waals surface area contributed by atoms with Gasteiger partial charge in [-0.15, -0.1) is 28.2 Å². The minimum Gasteiger partial charge on any atom is -0.477 e. The predicted molar refractivity (Wildman–Crippen MR) is 163 cm³/mol. The zero-order chi connectivity index (χ0) is 31.3. The quantitative estimate of drug-likeness (QED) is 0.132. The van der Waals surface area contributed by atoms with E-state index in [9.17, 15) is 24.3 Å². The van der Waals surface area contributed by atoms with Gasteiger partial charge in [0.15, 0.2) is 5.13 Å². The molecule has 14 nitrogen and oxygen atoms in total. The van der Waals surface area contributed by atoms with Gasteiger partial charge in [0.2, 0.25) is 5.16 Å². The molecule has 43 heavy (non-hydrogen) atoms. The highest BCUT2D eigenvalue weighted by Crippen LogP contribution is 2.41. The molecule has 0 spiro atoms. The lowest BCUT2D eigenvalue weighted by atomic mass is 10.0. The number of thioether (sulfide) groups is 2. The number of hydrogen-bond donors (Lipinski definition) is 3. The van der Waals surface area contributed by atoms with E-state index in [0.717, 1.165) is 30.6 Å². The molecule has 1 fully saturated rings. The van der Waals surface area contributed by atoms with E-state index in [2.05, 4.69) is 38.1 Å². The summed E-state index contributed by atoms with van der Waals surface area (Å²) in [6.45, 7) is 7.34. The maximum Gasteiger partial charge on any atom is 0.413 e. The number of thiazole rings is 1. The van der Waals surface area contributed by atoms with Crippen molar-refractivity contribution in [3.8, 4) is 0 Å². The highest BCUT2D eigenvalue weighted by molar-refractivity contribution is 8.01. The van der Waals surface area contributed by atoms with Crippen molar-refractivity contribution in [1.29, 1.82) is 0 Å². The molecule has 17 heteroatoms. The fourth-order valence-electron chi connectivity index (χ4n) is 4.31. The van der Waals surface area contributed by atoms with Crippen LogP contribution in [0, 0.1) is 0 Å². The fourth-order valence-corrected chi connectivity index (χ4v) is 7.34. The van der Waals surface area contributed by atoms with E-state index < -0.39 is 40.9 Å². The molecule has 4 rings (SSSR count). The number of rotatable bonds is 12. The number of anilines is 1. The lowest BCUT2D eigenvalue weighted by Crippen LogP contribution is -2.70. The lowest BCUT2D eigenvalue weighted by molar-refractivity contribution is -0.150. The first-order valence-corrected chi connectivity index (χ1v) is 16.5. The van der Waals surface area contributed by atoms with Crippen molar-refractivity contribution in [2.24, 2.45) is 7.05 Å². The van der Waals surface area contributed by atoms with Crippen LogP contribution in [0.15, 0.2) is 27.9 Å². The van der Waals surface area contributed by atoms with Crippen molar-refractivity contribution >= 4 is 69.4 Å². The summed E-state index contributed by atoms with van der Waals surface area (Å²) in [5.74, 6) is -1.54. The van der Waals surface area contributed by atoms with Gasteiger partial charge in [-0.25, -0.2) is 19.3 Å². The van der Waals surface area contributed by atoms with Crippen LogP contribution in [0.4, 0.5) is 9.93 Å². The molecular formula is C26H34N8O6S3. The zero-order valence-electron chi connectivity index (χ0n) is 24.4. The van der Waals surface area contributed by atoms with Gasteiger partial charge in [0.25, 0.3) is 11.8 Å². The van der Waals surface area contributed by atoms with Crippen LogP contribution in [0.5, 0.6) is 0 Å². The third-order valence-electron chi connectivity index (χ3n) is 6.28. The molecule has 2 aliphatic heterocycles. The summed E-state index contributed by atoms with van der Waals surface area (Å²) < 4.78 is 6.76. The normalized spacial score (nSPS) is 18.7. The molecule has 1 unspecified atom stereocenters. The minimum atomic E-state index is -1.21. The Bertz CT molecular complexity index is 1450. The van der Waals surface area contributed by atoms with Crippen molar-refractivity contribution in [2.45, 2.75) is 75.6 Å². The van der Waals surface area contributed by atoms with Crippen LogP contribution in [-0.4, -0.2) is 87.6 Å². The number of tetrazole rings is 1. The van der Waals surface area contributed by atoms with Crippen molar-refractivity contribution < 1.29 is 29.0 Å². The molecule has 4 heterocycles. The van der Waals surface area contributed by atoms with Crippen LogP contribution in [-0.2, 0) is 26.2 Å². The summed E-state index contributed by atoms with van der Waals surface area (Å²) in [6, 6.07) is -0.902. The molecule has 232 valence electrons. The van der Waals surface area contributed by atoms with Crippen LogP contribution in [0.3, 0.4) is 0 Å². The van der Waals surface area contributed by atoms with Crippen LogP contribution >= 0.6 is 34.9 Å². The topological polar surface area (TPSA) is 182 Å². The second-order valence-electron chi connectivity index (χ2n) is 10.8. The Morgan fingerprint density at radius 1 is 1.28 bits per heavy atom. The van der Waals surface area contributed by atoms with Gasteiger partial charge >= 0.3 is 12.1 Å². The SMILES string of the molecule is CCCCC/C=C(\C(=O)NC1C(=O)N2C(C(=O)O)=C(CSc3nnnn3C)CS[C@H]12)c1csc(NC(=O)OC(C)(C)C)n1. The van der Waals surface area contributed by atoms with E-state index in [1.54, 1.807) is 39.3 Å². The first kappa shape index (κ1) is 32.5. The molecule has 2 aromatic heterocycles. The number of β-lactam (4-membered cyclic amide) rings is 1. The summed E-state index contributed by atoms with van der Waals surface area (Å²) in [6.07, 6.45) is 4.62. The number of aromatic nitrogens is 5. The number of allylic oxidation sites excluding steroid dienone is 1. The van der Waals surface area contributed by atoms with Crippen LogP contribution in [0.2, 0.25) is 0 Å². The third kappa shape index (κ3) is 7.94. The van der Waals surface area contributed by atoms with Crippen LogP contribution in [0.25, 0.3) is 5.57 Å². The van der Waals surface area contributed by atoms with Crippen molar-refractivity contribution in [1.82, 2.24) is 35.4 Å². The number of carbonyl (C=O) groups excluding carboxylic acids is 3. The molecule has 3 amide bonds. The van der Waals surface area contributed by atoms with E-state index in [1.807, 2.05) is 0 Å². The Hall–Kier alpha value is -3.44. The Morgan fingerprint density at radius 2 is 2.05 bits per heavy atom. The number of nitrogens with one attached hydrogen (secondary N) is 2. The second kappa shape index (κ2) is 13.9. The Morgan fingerprint density at radius 3 is 2.70 bits per heavy atom. The molecular weight excluding hydrogens is 617 g/mol. The number of ether oxygens (including phenoxy) is 1. The van der Waals surface area contributed by atoms with Crippen LogP contribution < -0.4 is 10.6 Å². The number of hydrogen-bond acceptors (Lipinski definition) is 12. The number of carboxylic acid groups (broad SMARTS) is 1. The number of unbranched alkanes of at least 4 members (excludes halogenated alkanes) is 3. The maximum atomic E-state index is 13.5. The molecule has 0 radical (unpaired) electrons. The Labute approximate surface area is 261 Å². The molecule has 2 atom stereocenters. The number of carboxylic acids is 1. The van der Waals surface area contributed by atoms with Gasteiger partial charge in [-0.3, -0.25) is 19.8 Å². The van der Waals surface area contributed by atoms with E-state index in [-0.39, 0.29) is 16.4 Å². The third-order valence-corrected chi connectivity index (χ3v) is 9.48. The standard InChI is InChI=1S/C26H34N8O6S3/c1-6-7-8-9-10-15(16-13-42-23(27-16)29-25(39)40-26(2,3)4)19(35)28-17-20(36)34-18(22(37)38)14(11-41-21(17)34)12-43-24-30-31-32-33(24)5/h10,13,17,21H,6-9,11-12H2,1-5H3,(H,28,35)(H,37,38)(H,27,29,39)/b15-10-/t17?,21-/m1/s1. The largest absolute Gasteiger partial charge is 0.477 e. The Kier molecular flexibility index (Phi) is 10.5. The van der Waals surface area contributed by atoms with Gasteiger partial charge in [0, 0.05) is 23.9 Å². The molecule has 1 saturated heterocycles. The van der Waals surface area contributed by atoms with E-state index >= 15 is 0 Å². The van der Waals surface area contributed by atoms with E-state index in [0.29, 0.717) is 34.3 Å². The van der Waals surface area contributed by atoms with E-state index in [1.165, 1.54) is 33.1 Å². The first-order chi connectivity index (χ1) is 20.4. The molecule has 2 aromatic rings. The van der Waals surface area contributed by atoms with Crippen molar-refractivity contribution in [3.63, 3.8) is 0 Å². The molecule has 0 aromatic carbocycles. The van der Waals surface area contributed by atoms with E-state index in [4.69, 9.17) is 4.74 Å². The maximum absolute atomic E-state index is 13.5. The number of aliphatic carboxylic acids is 1. The average Bonchev–Trinajstić information content (AvgIpc) is 3.56. The van der Waals surface area contributed by atoms with Gasteiger partial charge in [0.1, 0.15) is 22.7 Å². The van der Waals surface area contributed by atoms with Crippen LogP contribution in [0.1, 0.15) is 59.1 Å². The smallest absolute Gasteiger partial charge is 0.413 e. The highest BCUT2D eigenvalue weighted by atomic mass is 32.2. The summed E-state index contributed by atoms with van der Waals surface area (Å²) in [4.78, 5) is 56.9. The molecule has 2 aliphatic rings. The second-order valence-corrected chi connectivity index (χ2v) is 13.7. The monoisotopic (exact) mass is 650 g/mol. The molecule has 0 aliphatic carbocycles. The average molecular weight is 651 g/mol. The van der Waals surface area contributed by atoms with Crippen molar-refractivity contribution in [2.75, 3.05) is 16.8 Å². The van der Waals surface area contributed by atoms with Gasteiger partial charge in [0.05, 0.1) is 11.3 Å². The predicted octanol–water partition coefficient (Wildman–Crippen LogP) is 3.51. The van der Waals surface area contributed by atoms with Gasteiger partial charge in [-0.1, -0.05) is 37.6 Å². The number of aryl methyl sites for hydroxylation is 1. The summed E-state index contributed by atoms with van der Waals surface area (Å²) in [5.41, 5.74) is 0.449. The lowest BCUT2D eigenvalue weighted by Gasteiger charge is -2.49. The summed E-state index contributed by atoms with van der Waals surface area (Å²) >= 11 is 3.82. The highest BCUT2D eigenvalue weighted by Gasteiger charge is 2.54. The number of carbonyl (C=O) groups is 4. The summed E-state index contributed by atoms with van der Waals surface area (Å²) in [5, 5.41) is 28.5. The molecule has 0 bridgehead atoms. The molecule has 0 saturated carbocycles. The summed E-state index contributed by atoms with van der Waals surface area (Å²) in [7, 11) is 1.68. The minimum absolute atomic E-state index is 0.0745. The number of amides is 3. The van der Waals surface area contributed by atoms with Gasteiger partial charge < -0.3 is 15.2 Å². The zero-order valence-corrected chi connectivity index (χ0v) is 26.9. The number of nitrogens with zero attached hydrogens (tertiary/aromatic N) is 6. The first-order valence-electron chi connectivity index (χ1n) is 13.6. The molecule has 3 N–H and O–H groups in total. The van der Waals surface area contributed by atoms with Crippen molar-refractivity contribution in [3.05, 3.63) is 28.4 Å². The Balaban J connectivity index is 1.47. The number of fused-ring (bicyclic) bond motifs is 1. The van der Waals surface area contributed by atoms with Gasteiger partial charge in [-0.2, -0.15) is 0 Å². The van der Waals surface area contributed by atoms with Gasteiger partial charge in [-0.05, 0) is 49.6 Å². The fraction of sp³-hybridized carbons (Fsp3) is 0.538.